The molecule has 4 heteroatoms. The Bertz CT molecular complexity index is 490. The van der Waals surface area contributed by atoms with Crippen LogP contribution in [-0.2, 0) is 0 Å². The van der Waals surface area contributed by atoms with Crippen molar-refractivity contribution in [3.63, 3.8) is 0 Å². The molecule has 0 aliphatic rings. The maximum Gasteiger partial charge on any atom is 0.162 e. The van der Waals surface area contributed by atoms with Crippen molar-refractivity contribution >= 4 is 28.3 Å². The Labute approximate surface area is 86.1 Å². The van der Waals surface area contributed by atoms with Gasteiger partial charge >= 0.3 is 0 Å². The fraction of sp³-hybridized carbons (Fsp3) is 0.200. The fourth-order valence-electron chi connectivity index (χ4n) is 1.37. The summed E-state index contributed by atoms with van der Waals surface area (Å²) in [5.41, 5.74) is 1.43. The third-order valence-electron chi connectivity index (χ3n) is 2.15. The van der Waals surface area contributed by atoms with Gasteiger partial charge in [-0.15, -0.1) is 0 Å². The second-order valence-electron chi connectivity index (χ2n) is 3.07. The van der Waals surface area contributed by atoms with Gasteiger partial charge in [0, 0.05) is 17.4 Å². The first-order chi connectivity index (χ1) is 6.72. The van der Waals surface area contributed by atoms with Gasteiger partial charge in [-0.2, -0.15) is 5.10 Å². The lowest BCUT2D eigenvalue weighted by Crippen LogP contribution is -1.96. The fourth-order valence-corrected chi connectivity index (χ4v) is 1.64. The van der Waals surface area contributed by atoms with Crippen LogP contribution in [0.5, 0.6) is 0 Å². The first kappa shape index (κ1) is 9.21. The number of rotatable bonds is 2. The first-order valence-electron chi connectivity index (χ1n) is 4.38. The summed E-state index contributed by atoms with van der Waals surface area (Å²) in [5.74, 6) is 0.0865. The van der Waals surface area contributed by atoms with E-state index in [0.717, 1.165) is 10.9 Å². The van der Waals surface area contributed by atoms with E-state index >= 15 is 0 Å². The third-order valence-corrected chi connectivity index (χ3v) is 2.46. The van der Waals surface area contributed by atoms with Crippen molar-refractivity contribution < 1.29 is 4.79 Å². The zero-order valence-corrected chi connectivity index (χ0v) is 8.43. The van der Waals surface area contributed by atoms with Gasteiger partial charge in [-0.25, -0.2) is 0 Å². The van der Waals surface area contributed by atoms with E-state index in [-0.39, 0.29) is 5.78 Å². The molecule has 1 heterocycles. The van der Waals surface area contributed by atoms with Gasteiger partial charge in [-0.1, -0.05) is 18.5 Å². The van der Waals surface area contributed by atoms with Crippen molar-refractivity contribution in [2.45, 2.75) is 13.3 Å². The molecule has 72 valence electrons. The van der Waals surface area contributed by atoms with Crippen molar-refractivity contribution in [3.05, 3.63) is 28.9 Å². The molecule has 0 fully saturated rings. The standard InChI is InChI=1S/C10H9ClN2O/c1-2-10(14)6-3-8(11)7-5-12-13-9(7)4-6/h3-5H,2H2,1H3,(H,12,13). The molecule has 1 aromatic heterocycles. The lowest BCUT2D eigenvalue weighted by atomic mass is 10.1. The molecule has 0 saturated carbocycles. The normalized spacial score (nSPS) is 10.7. The molecule has 0 spiro atoms. The van der Waals surface area contributed by atoms with Crippen molar-refractivity contribution in [3.8, 4) is 0 Å². The summed E-state index contributed by atoms with van der Waals surface area (Å²) in [6, 6.07) is 3.46. The van der Waals surface area contributed by atoms with Gasteiger partial charge in [-0.05, 0) is 12.1 Å². The topological polar surface area (TPSA) is 45.8 Å². The highest BCUT2D eigenvalue weighted by Crippen LogP contribution is 2.24. The van der Waals surface area contributed by atoms with Gasteiger partial charge < -0.3 is 0 Å². The molecule has 0 saturated heterocycles. The number of aromatic nitrogens is 2. The van der Waals surface area contributed by atoms with E-state index in [1.165, 1.54) is 0 Å². The van der Waals surface area contributed by atoms with Crippen LogP contribution < -0.4 is 0 Å². The SMILES string of the molecule is CCC(=O)c1cc(Cl)c2cn[nH]c2c1. The Balaban J connectivity index is 2.64. The average Bonchev–Trinajstić information content (AvgIpc) is 2.64. The van der Waals surface area contributed by atoms with Gasteiger partial charge in [0.2, 0.25) is 0 Å². The maximum absolute atomic E-state index is 11.4. The number of halogens is 1. The minimum Gasteiger partial charge on any atom is -0.294 e. The van der Waals surface area contributed by atoms with Gasteiger partial charge in [-0.3, -0.25) is 9.89 Å². The molecule has 3 nitrogen and oxygen atoms in total. The minimum atomic E-state index is 0.0865. The summed E-state index contributed by atoms with van der Waals surface area (Å²) in [6.45, 7) is 1.83. The number of H-pyrrole nitrogens is 1. The highest BCUT2D eigenvalue weighted by Gasteiger charge is 2.08. The minimum absolute atomic E-state index is 0.0865. The number of hydrogen-bond donors (Lipinski definition) is 1. The second kappa shape index (κ2) is 3.42. The molecule has 14 heavy (non-hydrogen) atoms. The van der Waals surface area contributed by atoms with Crippen LogP contribution in [0.15, 0.2) is 18.3 Å². The largest absolute Gasteiger partial charge is 0.294 e. The molecule has 0 bridgehead atoms. The quantitative estimate of drug-likeness (QED) is 0.772. The third kappa shape index (κ3) is 1.40. The number of fused-ring (bicyclic) bond motifs is 1. The second-order valence-corrected chi connectivity index (χ2v) is 3.47. The Kier molecular flexibility index (Phi) is 2.25. The first-order valence-corrected chi connectivity index (χ1v) is 4.76. The van der Waals surface area contributed by atoms with Gasteiger partial charge in [0.15, 0.2) is 5.78 Å². The summed E-state index contributed by atoms with van der Waals surface area (Å²) in [4.78, 5) is 11.4. The van der Waals surface area contributed by atoms with Crippen molar-refractivity contribution in [2.24, 2.45) is 0 Å². The van der Waals surface area contributed by atoms with Crippen LogP contribution >= 0.6 is 11.6 Å². The van der Waals surface area contributed by atoms with E-state index in [0.29, 0.717) is 17.0 Å². The summed E-state index contributed by atoms with van der Waals surface area (Å²) in [5, 5.41) is 8.07. The van der Waals surface area contributed by atoms with E-state index in [2.05, 4.69) is 10.2 Å². The van der Waals surface area contributed by atoms with Crippen LogP contribution in [0.2, 0.25) is 5.02 Å². The van der Waals surface area contributed by atoms with E-state index in [1.807, 2.05) is 6.92 Å². The molecule has 1 aromatic carbocycles. The molecule has 0 aliphatic carbocycles. The number of aromatic amines is 1. The van der Waals surface area contributed by atoms with Crippen LogP contribution in [-0.4, -0.2) is 16.0 Å². The Morgan fingerprint density at radius 1 is 1.57 bits per heavy atom. The summed E-state index contributed by atoms with van der Waals surface area (Å²) >= 11 is 5.99. The van der Waals surface area contributed by atoms with Crippen LogP contribution in [0.4, 0.5) is 0 Å². The molecule has 1 N–H and O–H groups in total. The average molecular weight is 209 g/mol. The number of carbonyl (C=O) groups excluding carboxylic acids is 1. The maximum atomic E-state index is 11.4. The van der Waals surface area contributed by atoms with E-state index in [1.54, 1.807) is 18.3 Å². The molecule has 0 unspecified atom stereocenters. The molecule has 2 rings (SSSR count). The summed E-state index contributed by atoms with van der Waals surface area (Å²) < 4.78 is 0. The summed E-state index contributed by atoms with van der Waals surface area (Å²) in [6.07, 6.45) is 2.13. The smallest absolute Gasteiger partial charge is 0.162 e. The predicted octanol–water partition coefficient (Wildman–Crippen LogP) is 2.81. The van der Waals surface area contributed by atoms with Gasteiger partial charge in [0.25, 0.3) is 0 Å². The number of ketones is 1. The molecule has 0 radical (unpaired) electrons. The van der Waals surface area contributed by atoms with Crippen LogP contribution in [0.3, 0.4) is 0 Å². The number of hydrogen-bond acceptors (Lipinski definition) is 2. The lowest BCUT2D eigenvalue weighted by molar-refractivity contribution is 0.0988. The summed E-state index contributed by atoms with van der Waals surface area (Å²) in [7, 11) is 0. The zero-order chi connectivity index (χ0) is 10.1. The lowest BCUT2D eigenvalue weighted by Gasteiger charge is -1.99. The van der Waals surface area contributed by atoms with Crippen LogP contribution in [0.25, 0.3) is 10.9 Å². The number of benzene rings is 1. The highest BCUT2D eigenvalue weighted by atomic mass is 35.5. The zero-order valence-electron chi connectivity index (χ0n) is 7.67. The van der Waals surface area contributed by atoms with E-state index in [9.17, 15) is 4.79 Å². The van der Waals surface area contributed by atoms with Crippen molar-refractivity contribution in [2.75, 3.05) is 0 Å². The van der Waals surface area contributed by atoms with Gasteiger partial charge in [0.1, 0.15) is 0 Å². The molecular weight excluding hydrogens is 200 g/mol. The Hall–Kier alpha value is -1.35. The van der Waals surface area contributed by atoms with Crippen LogP contribution in [0.1, 0.15) is 23.7 Å². The molecule has 2 aromatic rings. The number of nitrogens with zero attached hydrogens (tertiary/aromatic N) is 1. The van der Waals surface area contributed by atoms with Crippen molar-refractivity contribution in [1.29, 1.82) is 0 Å². The predicted molar refractivity (Wildman–Crippen MR) is 55.7 cm³/mol. The number of nitrogens with one attached hydrogen (secondary N) is 1. The van der Waals surface area contributed by atoms with Crippen LogP contribution in [0, 0.1) is 0 Å². The Morgan fingerprint density at radius 2 is 2.36 bits per heavy atom. The van der Waals surface area contributed by atoms with Gasteiger partial charge in [0.05, 0.1) is 16.7 Å². The highest BCUT2D eigenvalue weighted by molar-refractivity contribution is 6.35. The van der Waals surface area contributed by atoms with E-state index in [4.69, 9.17) is 11.6 Å². The Morgan fingerprint density at radius 3 is 3.07 bits per heavy atom. The number of carbonyl (C=O) groups is 1. The van der Waals surface area contributed by atoms with E-state index < -0.39 is 0 Å². The monoisotopic (exact) mass is 208 g/mol. The van der Waals surface area contributed by atoms with Crippen molar-refractivity contribution in [1.82, 2.24) is 10.2 Å². The molecule has 0 atom stereocenters. The number of Topliss-reactive ketones (excluding diaryl/α,β-unsaturated/α-hetero) is 1. The molecule has 0 amide bonds. The molecular formula is C10H9ClN2O. The molecule has 0 aliphatic heterocycles.